The van der Waals surface area contributed by atoms with Crippen LogP contribution in [0.3, 0.4) is 0 Å². The van der Waals surface area contributed by atoms with Gasteiger partial charge in [0.1, 0.15) is 18.2 Å². The zero-order valence-electron chi connectivity index (χ0n) is 10.9. The Morgan fingerprint density at radius 2 is 2.05 bits per heavy atom. The molecule has 0 saturated heterocycles. The molecule has 0 unspecified atom stereocenters. The average Bonchev–Trinajstić information content (AvgIpc) is 2.41. The van der Waals surface area contributed by atoms with Gasteiger partial charge in [-0.3, -0.25) is 0 Å². The monoisotopic (exact) mass is 357 g/mol. The molecule has 2 rings (SSSR count). The maximum Gasteiger partial charge on any atom is 0.142 e. The molecule has 20 heavy (non-hydrogen) atoms. The van der Waals surface area contributed by atoms with Crippen LogP contribution in [-0.2, 0) is 6.61 Å². The molecule has 5 heteroatoms. The topological polar surface area (TPSA) is 35.2 Å². The molecule has 2 aromatic rings. The Balaban J connectivity index is 2.16. The van der Waals surface area contributed by atoms with Crippen molar-refractivity contribution in [1.29, 1.82) is 0 Å². The van der Waals surface area contributed by atoms with E-state index in [-0.39, 0.29) is 17.7 Å². The van der Waals surface area contributed by atoms with Crippen LogP contribution < -0.4 is 10.5 Å². The van der Waals surface area contributed by atoms with Gasteiger partial charge in [0, 0.05) is 16.1 Å². The third kappa shape index (κ3) is 3.72. The van der Waals surface area contributed by atoms with Crippen molar-refractivity contribution in [2.24, 2.45) is 5.73 Å². The van der Waals surface area contributed by atoms with Gasteiger partial charge in [-0.2, -0.15) is 0 Å². The summed E-state index contributed by atoms with van der Waals surface area (Å²) in [6.07, 6.45) is 0. The summed E-state index contributed by atoms with van der Waals surface area (Å²) in [5.41, 5.74) is 7.53. The Morgan fingerprint density at radius 1 is 1.30 bits per heavy atom. The molecule has 0 aliphatic carbocycles. The number of benzene rings is 2. The second-order valence-electron chi connectivity index (χ2n) is 4.51. The summed E-state index contributed by atoms with van der Waals surface area (Å²) in [5, 5.41) is 0.105. The molecule has 2 N–H and O–H groups in total. The predicted octanol–water partition coefficient (Wildman–Crippen LogP) is 4.84. The Labute approximate surface area is 130 Å². The van der Waals surface area contributed by atoms with E-state index in [0.717, 1.165) is 10.0 Å². The van der Waals surface area contributed by atoms with Crippen LogP contribution in [0.2, 0.25) is 5.02 Å². The minimum atomic E-state index is -0.448. The van der Waals surface area contributed by atoms with Crippen LogP contribution in [0.4, 0.5) is 4.39 Å². The molecule has 0 bridgehead atoms. The van der Waals surface area contributed by atoms with Crippen molar-refractivity contribution in [2.75, 3.05) is 0 Å². The van der Waals surface area contributed by atoms with Crippen molar-refractivity contribution in [2.45, 2.75) is 19.6 Å². The minimum Gasteiger partial charge on any atom is -0.489 e. The van der Waals surface area contributed by atoms with E-state index in [4.69, 9.17) is 22.1 Å². The normalized spacial score (nSPS) is 12.2. The van der Waals surface area contributed by atoms with E-state index in [1.54, 1.807) is 6.07 Å². The van der Waals surface area contributed by atoms with E-state index >= 15 is 0 Å². The number of nitrogens with two attached hydrogens (primary N) is 1. The van der Waals surface area contributed by atoms with Gasteiger partial charge < -0.3 is 10.5 Å². The highest BCUT2D eigenvalue weighted by molar-refractivity contribution is 9.10. The number of rotatable bonds is 4. The Bertz CT molecular complexity index is 619. The van der Waals surface area contributed by atoms with E-state index < -0.39 is 5.82 Å². The number of hydrogen-bond donors (Lipinski definition) is 1. The predicted molar refractivity (Wildman–Crippen MR) is 82.5 cm³/mol. The maximum atomic E-state index is 13.4. The fraction of sp³-hybridized carbons (Fsp3) is 0.200. The van der Waals surface area contributed by atoms with Crippen molar-refractivity contribution < 1.29 is 9.13 Å². The fourth-order valence-electron chi connectivity index (χ4n) is 1.80. The SMILES string of the molecule is C[C@H](N)c1cc(Br)ccc1OCc1ccc(Cl)c(F)c1. The Kier molecular flexibility index (Phi) is 5.02. The molecule has 0 spiro atoms. The molecule has 0 aliphatic heterocycles. The van der Waals surface area contributed by atoms with Gasteiger partial charge in [-0.1, -0.05) is 33.6 Å². The molecule has 106 valence electrons. The highest BCUT2D eigenvalue weighted by Gasteiger charge is 2.09. The molecule has 0 aliphatic rings. The van der Waals surface area contributed by atoms with Crippen LogP contribution in [0.15, 0.2) is 40.9 Å². The summed E-state index contributed by atoms with van der Waals surface area (Å²) in [6, 6.07) is 10.1. The molecular formula is C15H14BrClFNO. The lowest BCUT2D eigenvalue weighted by atomic mass is 10.1. The van der Waals surface area contributed by atoms with Gasteiger partial charge >= 0.3 is 0 Å². The molecule has 0 heterocycles. The lowest BCUT2D eigenvalue weighted by Crippen LogP contribution is -2.08. The molecule has 1 atom stereocenters. The van der Waals surface area contributed by atoms with Gasteiger partial charge in [-0.05, 0) is 42.8 Å². The maximum absolute atomic E-state index is 13.4. The van der Waals surface area contributed by atoms with E-state index in [1.807, 2.05) is 25.1 Å². The van der Waals surface area contributed by atoms with E-state index in [2.05, 4.69) is 15.9 Å². The van der Waals surface area contributed by atoms with Crippen LogP contribution in [-0.4, -0.2) is 0 Å². The lowest BCUT2D eigenvalue weighted by molar-refractivity contribution is 0.301. The van der Waals surface area contributed by atoms with Crippen LogP contribution in [0.5, 0.6) is 5.75 Å². The molecule has 0 saturated carbocycles. The van der Waals surface area contributed by atoms with Crippen molar-refractivity contribution in [1.82, 2.24) is 0 Å². The molecular weight excluding hydrogens is 345 g/mol. The van der Waals surface area contributed by atoms with Gasteiger partial charge in [0.15, 0.2) is 0 Å². The van der Waals surface area contributed by atoms with Crippen molar-refractivity contribution in [3.8, 4) is 5.75 Å². The van der Waals surface area contributed by atoms with Crippen molar-refractivity contribution >= 4 is 27.5 Å². The van der Waals surface area contributed by atoms with E-state index in [9.17, 15) is 4.39 Å². The van der Waals surface area contributed by atoms with Crippen LogP contribution >= 0.6 is 27.5 Å². The van der Waals surface area contributed by atoms with Gasteiger partial charge in [0.2, 0.25) is 0 Å². The molecule has 0 amide bonds. The summed E-state index contributed by atoms with van der Waals surface area (Å²) in [4.78, 5) is 0. The molecule has 0 radical (unpaired) electrons. The average molecular weight is 359 g/mol. The summed E-state index contributed by atoms with van der Waals surface area (Å²) in [7, 11) is 0. The second kappa shape index (κ2) is 6.57. The lowest BCUT2D eigenvalue weighted by Gasteiger charge is -2.14. The number of hydrogen-bond acceptors (Lipinski definition) is 2. The van der Waals surface area contributed by atoms with Crippen molar-refractivity contribution in [3.05, 3.63) is 62.8 Å². The first-order valence-corrected chi connectivity index (χ1v) is 7.26. The first-order chi connectivity index (χ1) is 9.47. The standard InChI is InChI=1S/C15H14BrClFNO/c1-9(19)12-7-11(16)3-5-15(12)20-8-10-2-4-13(17)14(18)6-10/h2-7,9H,8,19H2,1H3/t9-/m0/s1. The minimum absolute atomic E-state index is 0.105. The quantitative estimate of drug-likeness (QED) is 0.848. The van der Waals surface area contributed by atoms with Gasteiger partial charge in [-0.15, -0.1) is 0 Å². The van der Waals surface area contributed by atoms with Crippen LogP contribution in [0, 0.1) is 5.82 Å². The fourth-order valence-corrected chi connectivity index (χ4v) is 2.29. The van der Waals surface area contributed by atoms with Gasteiger partial charge in [-0.25, -0.2) is 4.39 Å². The zero-order valence-corrected chi connectivity index (χ0v) is 13.2. The van der Waals surface area contributed by atoms with Gasteiger partial charge in [0.05, 0.1) is 5.02 Å². The largest absolute Gasteiger partial charge is 0.489 e. The van der Waals surface area contributed by atoms with E-state index in [1.165, 1.54) is 12.1 Å². The molecule has 2 nitrogen and oxygen atoms in total. The Morgan fingerprint density at radius 3 is 2.70 bits per heavy atom. The highest BCUT2D eigenvalue weighted by atomic mass is 79.9. The molecule has 0 aromatic heterocycles. The zero-order chi connectivity index (χ0) is 14.7. The summed E-state index contributed by atoms with van der Waals surface area (Å²) in [5.74, 6) is 0.245. The molecule has 2 aromatic carbocycles. The summed E-state index contributed by atoms with van der Waals surface area (Å²) < 4.78 is 20.0. The first kappa shape index (κ1) is 15.3. The number of halogens is 3. The van der Waals surface area contributed by atoms with Crippen molar-refractivity contribution in [3.63, 3.8) is 0 Å². The Hall–Kier alpha value is -1.10. The smallest absolute Gasteiger partial charge is 0.142 e. The third-order valence-electron chi connectivity index (χ3n) is 2.84. The van der Waals surface area contributed by atoms with Crippen LogP contribution in [0.1, 0.15) is 24.1 Å². The summed E-state index contributed by atoms with van der Waals surface area (Å²) >= 11 is 9.05. The highest BCUT2D eigenvalue weighted by Crippen LogP contribution is 2.28. The number of ether oxygens (including phenoxy) is 1. The second-order valence-corrected chi connectivity index (χ2v) is 5.83. The van der Waals surface area contributed by atoms with Crippen LogP contribution in [0.25, 0.3) is 0 Å². The first-order valence-electron chi connectivity index (χ1n) is 6.09. The van der Waals surface area contributed by atoms with Gasteiger partial charge in [0.25, 0.3) is 0 Å². The third-order valence-corrected chi connectivity index (χ3v) is 3.64. The molecule has 0 fully saturated rings. The summed E-state index contributed by atoms with van der Waals surface area (Å²) in [6.45, 7) is 2.14. The van der Waals surface area contributed by atoms with E-state index in [0.29, 0.717) is 11.3 Å².